The molecule has 0 spiro atoms. The van der Waals surface area contributed by atoms with Crippen LogP contribution in [0.2, 0.25) is 0 Å². The number of hydrogen-bond acceptors (Lipinski definition) is 2. The Kier molecular flexibility index (Phi) is 4.86. The van der Waals surface area contributed by atoms with Gasteiger partial charge in [0.15, 0.2) is 0 Å². The highest BCUT2D eigenvalue weighted by Crippen LogP contribution is 2.28. The summed E-state index contributed by atoms with van der Waals surface area (Å²) in [4.78, 5) is 1.48. The fraction of sp³-hybridized carbons (Fsp3) is 0.692. The van der Waals surface area contributed by atoms with E-state index in [2.05, 4.69) is 40.3 Å². The Morgan fingerprint density at radius 1 is 1.44 bits per heavy atom. The van der Waals surface area contributed by atoms with Crippen molar-refractivity contribution < 1.29 is 0 Å². The molecule has 1 N–H and O–H groups in total. The summed E-state index contributed by atoms with van der Waals surface area (Å²) >= 11 is 5.36. The Morgan fingerprint density at radius 3 is 2.94 bits per heavy atom. The Labute approximate surface area is 111 Å². The van der Waals surface area contributed by atoms with E-state index in [0.29, 0.717) is 0 Å². The topological polar surface area (TPSA) is 12.0 Å². The third kappa shape index (κ3) is 3.57. The molecule has 1 nitrogen and oxygen atoms in total. The van der Waals surface area contributed by atoms with E-state index in [1.165, 1.54) is 40.8 Å². The Balaban J connectivity index is 1.65. The minimum atomic E-state index is 0.786. The summed E-state index contributed by atoms with van der Waals surface area (Å²) in [5, 5.41) is 3.69. The van der Waals surface area contributed by atoms with Crippen molar-refractivity contribution in [2.75, 3.05) is 6.54 Å². The standard InChI is InChI=1S/C13H20BrNS/c1-2-10-3-4-11(9-10)15-8-7-12-5-6-13(14)16-12/h5-6,10-11,15H,2-4,7-9H2,1H3. The quantitative estimate of drug-likeness (QED) is 0.858. The monoisotopic (exact) mass is 301 g/mol. The SMILES string of the molecule is CCC1CCC(NCCc2ccc(Br)s2)C1. The summed E-state index contributed by atoms with van der Waals surface area (Å²) in [6, 6.07) is 5.15. The predicted molar refractivity (Wildman–Crippen MR) is 75.1 cm³/mol. The van der Waals surface area contributed by atoms with Crippen molar-refractivity contribution in [2.45, 2.75) is 45.1 Å². The van der Waals surface area contributed by atoms with Crippen LogP contribution in [0, 0.1) is 5.92 Å². The average Bonchev–Trinajstić information content (AvgIpc) is 2.88. The van der Waals surface area contributed by atoms with Crippen molar-refractivity contribution in [3.05, 3.63) is 20.8 Å². The van der Waals surface area contributed by atoms with Gasteiger partial charge in [0.25, 0.3) is 0 Å². The number of halogens is 1. The van der Waals surface area contributed by atoms with Gasteiger partial charge in [-0.3, -0.25) is 0 Å². The molecule has 1 aromatic heterocycles. The van der Waals surface area contributed by atoms with Crippen LogP contribution in [0.3, 0.4) is 0 Å². The lowest BCUT2D eigenvalue weighted by molar-refractivity contribution is 0.480. The Bertz CT molecular complexity index is 323. The summed E-state index contributed by atoms with van der Waals surface area (Å²) < 4.78 is 1.24. The maximum absolute atomic E-state index is 3.69. The van der Waals surface area contributed by atoms with Gasteiger partial charge in [0, 0.05) is 17.5 Å². The van der Waals surface area contributed by atoms with Gasteiger partial charge in [-0.05, 0) is 59.7 Å². The third-order valence-corrected chi connectivity index (χ3v) is 5.24. The van der Waals surface area contributed by atoms with Crippen LogP contribution in [0.1, 0.15) is 37.5 Å². The van der Waals surface area contributed by atoms with Gasteiger partial charge in [-0.1, -0.05) is 13.3 Å². The van der Waals surface area contributed by atoms with Crippen LogP contribution >= 0.6 is 27.3 Å². The second-order valence-electron chi connectivity index (χ2n) is 4.69. The summed E-state index contributed by atoms with van der Waals surface area (Å²) in [5.41, 5.74) is 0. The molecule has 0 aliphatic heterocycles. The van der Waals surface area contributed by atoms with E-state index in [9.17, 15) is 0 Å². The minimum Gasteiger partial charge on any atom is -0.314 e. The van der Waals surface area contributed by atoms with Crippen molar-refractivity contribution in [3.63, 3.8) is 0 Å². The molecule has 1 aromatic rings. The van der Waals surface area contributed by atoms with Crippen molar-refractivity contribution >= 4 is 27.3 Å². The summed E-state index contributed by atoms with van der Waals surface area (Å²) in [5.74, 6) is 0.980. The predicted octanol–water partition coefficient (Wildman–Crippen LogP) is 4.22. The molecular formula is C13H20BrNS. The first-order valence-electron chi connectivity index (χ1n) is 6.25. The number of rotatable bonds is 5. The molecule has 0 saturated heterocycles. The molecule has 1 saturated carbocycles. The molecule has 1 aliphatic rings. The first-order valence-corrected chi connectivity index (χ1v) is 7.86. The smallest absolute Gasteiger partial charge is 0.0701 e. The van der Waals surface area contributed by atoms with Gasteiger partial charge in [-0.15, -0.1) is 11.3 Å². The molecule has 2 rings (SSSR count). The highest BCUT2D eigenvalue weighted by Gasteiger charge is 2.22. The van der Waals surface area contributed by atoms with Crippen LogP contribution in [0.5, 0.6) is 0 Å². The highest BCUT2D eigenvalue weighted by atomic mass is 79.9. The van der Waals surface area contributed by atoms with Gasteiger partial charge in [0.2, 0.25) is 0 Å². The van der Waals surface area contributed by atoms with E-state index >= 15 is 0 Å². The Morgan fingerprint density at radius 2 is 2.31 bits per heavy atom. The third-order valence-electron chi connectivity index (χ3n) is 3.55. The number of hydrogen-bond donors (Lipinski definition) is 1. The lowest BCUT2D eigenvalue weighted by Gasteiger charge is -2.12. The average molecular weight is 302 g/mol. The molecular weight excluding hydrogens is 282 g/mol. The zero-order valence-electron chi connectivity index (χ0n) is 9.84. The summed E-state index contributed by atoms with van der Waals surface area (Å²) in [6.07, 6.45) is 6.73. The lowest BCUT2D eigenvalue weighted by Crippen LogP contribution is -2.28. The van der Waals surface area contributed by atoms with E-state index < -0.39 is 0 Å². The molecule has 0 aromatic carbocycles. The van der Waals surface area contributed by atoms with Gasteiger partial charge >= 0.3 is 0 Å². The van der Waals surface area contributed by atoms with E-state index in [1.54, 1.807) is 0 Å². The summed E-state index contributed by atoms with van der Waals surface area (Å²) in [7, 11) is 0. The van der Waals surface area contributed by atoms with Crippen molar-refractivity contribution in [1.82, 2.24) is 5.32 Å². The number of nitrogens with one attached hydrogen (secondary N) is 1. The van der Waals surface area contributed by atoms with E-state index in [1.807, 2.05) is 11.3 Å². The molecule has 1 heterocycles. The van der Waals surface area contributed by atoms with Crippen molar-refractivity contribution in [3.8, 4) is 0 Å². The second-order valence-corrected chi connectivity index (χ2v) is 7.24. The summed E-state index contributed by atoms with van der Waals surface area (Å²) in [6.45, 7) is 3.45. The highest BCUT2D eigenvalue weighted by molar-refractivity contribution is 9.11. The van der Waals surface area contributed by atoms with Crippen LogP contribution in [0.15, 0.2) is 15.9 Å². The molecule has 0 bridgehead atoms. The first-order chi connectivity index (χ1) is 7.78. The van der Waals surface area contributed by atoms with Crippen LogP contribution in [0.4, 0.5) is 0 Å². The van der Waals surface area contributed by atoms with Crippen LogP contribution in [0.25, 0.3) is 0 Å². The van der Waals surface area contributed by atoms with E-state index in [4.69, 9.17) is 0 Å². The second kappa shape index (κ2) is 6.18. The van der Waals surface area contributed by atoms with Crippen molar-refractivity contribution in [1.29, 1.82) is 0 Å². The van der Waals surface area contributed by atoms with Crippen LogP contribution < -0.4 is 5.32 Å². The zero-order chi connectivity index (χ0) is 11.4. The maximum Gasteiger partial charge on any atom is 0.0701 e. The van der Waals surface area contributed by atoms with Gasteiger partial charge in [-0.2, -0.15) is 0 Å². The molecule has 16 heavy (non-hydrogen) atoms. The van der Waals surface area contributed by atoms with Crippen LogP contribution in [-0.2, 0) is 6.42 Å². The Hall–Kier alpha value is 0.140. The van der Waals surface area contributed by atoms with E-state index in [0.717, 1.165) is 18.5 Å². The van der Waals surface area contributed by atoms with Crippen LogP contribution in [-0.4, -0.2) is 12.6 Å². The molecule has 2 unspecified atom stereocenters. The fourth-order valence-corrected chi connectivity index (χ4v) is 4.00. The maximum atomic E-state index is 3.69. The molecule has 1 aliphatic carbocycles. The first kappa shape index (κ1) is 12.6. The van der Waals surface area contributed by atoms with Gasteiger partial charge in [0.1, 0.15) is 0 Å². The van der Waals surface area contributed by atoms with E-state index in [-0.39, 0.29) is 0 Å². The molecule has 3 heteroatoms. The molecule has 2 atom stereocenters. The van der Waals surface area contributed by atoms with Gasteiger partial charge in [0.05, 0.1) is 3.79 Å². The van der Waals surface area contributed by atoms with Crippen molar-refractivity contribution in [2.24, 2.45) is 5.92 Å². The molecule has 0 amide bonds. The zero-order valence-corrected chi connectivity index (χ0v) is 12.2. The largest absolute Gasteiger partial charge is 0.314 e. The normalized spacial score (nSPS) is 25.1. The molecule has 90 valence electrons. The van der Waals surface area contributed by atoms with Gasteiger partial charge < -0.3 is 5.32 Å². The minimum absolute atomic E-state index is 0.786. The van der Waals surface area contributed by atoms with Gasteiger partial charge in [-0.25, -0.2) is 0 Å². The molecule has 1 fully saturated rings. The lowest BCUT2D eigenvalue weighted by atomic mass is 10.1. The fourth-order valence-electron chi connectivity index (χ4n) is 2.52. The molecule has 0 radical (unpaired) electrons. The number of thiophene rings is 1.